The highest BCUT2D eigenvalue weighted by atomic mass is 31.1. The van der Waals surface area contributed by atoms with Gasteiger partial charge in [-0.1, -0.05) is 65.2 Å². The first kappa shape index (κ1) is 18.1. The van der Waals surface area contributed by atoms with Crippen LogP contribution in [0.1, 0.15) is 90.9 Å². The topological polar surface area (TPSA) is 37.3 Å². The van der Waals surface area contributed by atoms with Crippen LogP contribution >= 0.6 is 8.03 Å². The minimum atomic E-state index is -1.96. The van der Waals surface area contributed by atoms with Crippen LogP contribution in [0.2, 0.25) is 0 Å². The Bertz CT molecular complexity index is 195. The molecule has 0 radical (unpaired) electrons. The highest BCUT2D eigenvalue weighted by molar-refractivity contribution is 7.38. The molecule has 108 valence electrons. The molecule has 2 unspecified atom stereocenters. The summed E-state index contributed by atoms with van der Waals surface area (Å²) in [6.45, 7) is 4.42. The van der Waals surface area contributed by atoms with Crippen molar-refractivity contribution in [1.29, 1.82) is 0 Å². The van der Waals surface area contributed by atoms with E-state index in [0.29, 0.717) is 0 Å². The Hall–Kier alpha value is 0.0600. The van der Waals surface area contributed by atoms with Crippen molar-refractivity contribution >= 4 is 8.03 Å². The Morgan fingerprint density at radius 3 is 1.61 bits per heavy atom. The Morgan fingerprint density at radius 2 is 1.17 bits per heavy atom. The predicted molar refractivity (Wildman–Crippen MR) is 80.4 cm³/mol. The molecule has 0 aliphatic carbocycles. The summed E-state index contributed by atoms with van der Waals surface area (Å²) in [5.41, 5.74) is 0.0584. The SMILES string of the molecule is CCCCCCCCC(CCCCCC)[P+](=O)O. The first-order valence-corrected chi connectivity index (χ1v) is 9.15. The van der Waals surface area contributed by atoms with E-state index in [1.165, 1.54) is 51.4 Å². The summed E-state index contributed by atoms with van der Waals surface area (Å²) in [4.78, 5) is 9.32. The predicted octanol–water partition coefficient (Wildman–Crippen LogP) is 5.81. The molecule has 1 N–H and O–H groups in total. The molecular formula is C15H32O2P+. The van der Waals surface area contributed by atoms with Gasteiger partial charge in [0.15, 0.2) is 5.66 Å². The van der Waals surface area contributed by atoms with E-state index < -0.39 is 8.03 Å². The smallest absolute Gasteiger partial charge is 0.161 e. The number of rotatable bonds is 13. The van der Waals surface area contributed by atoms with Gasteiger partial charge in [-0.3, -0.25) is 0 Å². The molecule has 3 heteroatoms. The van der Waals surface area contributed by atoms with Crippen LogP contribution in [0.5, 0.6) is 0 Å². The van der Waals surface area contributed by atoms with E-state index in [-0.39, 0.29) is 5.66 Å². The Balaban J connectivity index is 3.54. The minimum absolute atomic E-state index is 0.0584. The summed E-state index contributed by atoms with van der Waals surface area (Å²) in [6.07, 6.45) is 14.3. The molecule has 0 amide bonds. The summed E-state index contributed by atoms with van der Waals surface area (Å²) in [6, 6.07) is 0. The van der Waals surface area contributed by atoms with Crippen LogP contribution in [-0.2, 0) is 4.57 Å². The molecular weight excluding hydrogens is 243 g/mol. The third-order valence-electron chi connectivity index (χ3n) is 3.59. The van der Waals surface area contributed by atoms with E-state index >= 15 is 0 Å². The van der Waals surface area contributed by atoms with Crippen LogP contribution in [0.15, 0.2) is 0 Å². The second kappa shape index (κ2) is 13.5. The molecule has 0 fully saturated rings. The third-order valence-corrected chi connectivity index (χ3v) is 4.74. The Morgan fingerprint density at radius 1 is 0.778 bits per heavy atom. The molecule has 0 aromatic heterocycles. The summed E-state index contributed by atoms with van der Waals surface area (Å²) < 4.78 is 11.3. The molecule has 0 aliphatic rings. The van der Waals surface area contributed by atoms with Gasteiger partial charge in [-0.25, -0.2) is 0 Å². The molecule has 0 rings (SSSR count). The highest BCUT2D eigenvalue weighted by Crippen LogP contribution is 2.31. The maximum atomic E-state index is 11.3. The molecule has 0 aromatic carbocycles. The fourth-order valence-corrected chi connectivity index (χ4v) is 3.14. The monoisotopic (exact) mass is 275 g/mol. The largest absolute Gasteiger partial charge is 0.508 e. The van der Waals surface area contributed by atoms with Gasteiger partial charge < -0.3 is 0 Å². The minimum Gasteiger partial charge on any atom is -0.161 e. The lowest BCUT2D eigenvalue weighted by Gasteiger charge is -2.05. The van der Waals surface area contributed by atoms with E-state index in [4.69, 9.17) is 0 Å². The molecule has 18 heavy (non-hydrogen) atoms. The first-order chi connectivity index (χ1) is 8.72. The van der Waals surface area contributed by atoms with Gasteiger partial charge in [0.05, 0.1) is 0 Å². The zero-order chi connectivity index (χ0) is 13.6. The highest BCUT2D eigenvalue weighted by Gasteiger charge is 2.27. The van der Waals surface area contributed by atoms with Crippen LogP contribution in [0, 0.1) is 0 Å². The van der Waals surface area contributed by atoms with E-state index in [1.54, 1.807) is 0 Å². The summed E-state index contributed by atoms with van der Waals surface area (Å²) >= 11 is 0. The molecule has 0 heterocycles. The average Bonchev–Trinajstić information content (AvgIpc) is 2.35. The average molecular weight is 275 g/mol. The van der Waals surface area contributed by atoms with E-state index in [9.17, 15) is 9.46 Å². The van der Waals surface area contributed by atoms with Gasteiger partial charge in [0.2, 0.25) is 0 Å². The lowest BCUT2D eigenvalue weighted by Crippen LogP contribution is -2.02. The van der Waals surface area contributed by atoms with Crippen LogP contribution in [-0.4, -0.2) is 10.6 Å². The van der Waals surface area contributed by atoms with E-state index in [0.717, 1.165) is 25.7 Å². The van der Waals surface area contributed by atoms with Gasteiger partial charge in [0, 0.05) is 0 Å². The van der Waals surface area contributed by atoms with Crippen LogP contribution in [0.4, 0.5) is 0 Å². The molecule has 2 atom stereocenters. The van der Waals surface area contributed by atoms with Crippen molar-refractivity contribution in [1.82, 2.24) is 0 Å². The van der Waals surface area contributed by atoms with Crippen molar-refractivity contribution in [2.45, 2.75) is 96.6 Å². The van der Waals surface area contributed by atoms with E-state index in [1.807, 2.05) is 0 Å². The Kier molecular flexibility index (Phi) is 13.5. The maximum absolute atomic E-state index is 11.3. The lowest BCUT2D eigenvalue weighted by atomic mass is 10.0. The second-order valence-corrected chi connectivity index (χ2v) is 6.70. The standard InChI is InChI=1S/C15H31O2P/c1-3-5-7-9-10-12-14-15(18(16)17)13-11-8-6-4-2/h15H,3-14H2,1-2H3/p+1. The number of hydrogen-bond donors (Lipinski definition) is 1. The zero-order valence-electron chi connectivity index (χ0n) is 12.4. The van der Waals surface area contributed by atoms with Gasteiger partial charge in [0.25, 0.3) is 0 Å². The normalized spacial score (nSPS) is 13.6. The van der Waals surface area contributed by atoms with E-state index in [2.05, 4.69) is 13.8 Å². The molecule has 0 saturated carbocycles. The van der Waals surface area contributed by atoms with Gasteiger partial charge in [0.1, 0.15) is 0 Å². The van der Waals surface area contributed by atoms with Crippen molar-refractivity contribution in [3.05, 3.63) is 0 Å². The van der Waals surface area contributed by atoms with Gasteiger partial charge in [-0.15, -0.1) is 0 Å². The van der Waals surface area contributed by atoms with Gasteiger partial charge in [-0.2, -0.15) is 4.89 Å². The molecule has 0 saturated heterocycles. The van der Waals surface area contributed by atoms with Crippen molar-refractivity contribution in [2.75, 3.05) is 0 Å². The molecule has 0 aliphatic heterocycles. The van der Waals surface area contributed by atoms with Gasteiger partial charge >= 0.3 is 8.03 Å². The van der Waals surface area contributed by atoms with Crippen molar-refractivity contribution < 1.29 is 9.46 Å². The summed E-state index contributed by atoms with van der Waals surface area (Å²) in [7, 11) is -1.96. The summed E-state index contributed by atoms with van der Waals surface area (Å²) in [5.74, 6) is 0. The number of unbranched alkanes of at least 4 members (excludes halogenated alkanes) is 8. The molecule has 0 aromatic rings. The van der Waals surface area contributed by atoms with Crippen LogP contribution < -0.4 is 0 Å². The van der Waals surface area contributed by atoms with Crippen LogP contribution in [0.25, 0.3) is 0 Å². The number of hydrogen-bond acceptors (Lipinski definition) is 1. The fourth-order valence-electron chi connectivity index (χ4n) is 2.33. The van der Waals surface area contributed by atoms with Crippen molar-refractivity contribution in [2.24, 2.45) is 0 Å². The lowest BCUT2D eigenvalue weighted by molar-refractivity contribution is 0.462. The molecule has 0 bridgehead atoms. The molecule has 2 nitrogen and oxygen atoms in total. The van der Waals surface area contributed by atoms with Crippen LogP contribution in [0.3, 0.4) is 0 Å². The fraction of sp³-hybridized carbons (Fsp3) is 1.00. The third kappa shape index (κ3) is 11.2. The quantitative estimate of drug-likeness (QED) is 0.340. The Labute approximate surface area is 114 Å². The summed E-state index contributed by atoms with van der Waals surface area (Å²) in [5, 5.41) is 0. The molecule has 0 spiro atoms. The zero-order valence-corrected chi connectivity index (χ0v) is 13.3. The van der Waals surface area contributed by atoms with Gasteiger partial charge in [-0.05, 0) is 30.2 Å². The first-order valence-electron chi connectivity index (χ1n) is 7.87. The maximum Gasteiger partial charge on any atom is 0.508 e. The second-order valence-electron chi connectivity index (χ2n) is 5.36. The van der Waals surface area contributed by atoms with Crippen molar-refractivity contribution in [3.63, 3.8) is 0 Å². The van der Waals surface area contributed by atoms with Crippen molar-refractivity contribution in [3.8, 4) is 0 Å².